The molecule has 0 spiro atoms. The van der Waals surface area contributed by atoms with Crippen LogP contribution in [-0.2, 0) is 16.6 Å². The van der Waals surface area contributed by atoms with Crippen molar-refractivity contribution >= 4 is 33.2 Å². The lowest BCUT2D eigenvalue weighted by atomic mass is 10.2. The number of hydrogen-bond acceptors (Lipinski definition) is 6. The highest BCUT2D eigenvalue weighted by Crippen LogP contribution is 2.25. The quantitative estimate of drug-likeness (QED) is 0.556. The van der Waals surface area contributed by atoms with Gasteiger partial charge in [-0.3, -0.25) is 14.4 Å². The van der Waals surface area contributed by atoms with E-state index < -0.39 is 10.0 Å². The zero-order valence-corrected chi connectivity index (χ0v) is 22.3. The second kappa shape index (κ2) is 10.9. The Balaban J connectivity index is 1.53. The largest absolute Gasteiger partial charge is 0.369 e. The number of sulfonamides is 1. The minimum atomic E-state index is -3.92. The molecule has 0 unspecified atom stereocenters. The van der Waals surface area contributed by atoms with Gasteiger partial charge in [0.05, 0.1) is 5.56 Å². The van der Waals surface area contributed by atoms with Crippen molar-refractivity contribution in [3.63, 3.8) is 0 Å². The molecule has 1 amide bonds. The number of carbonyl (C=O) groups excluding carboxylic acids is 1. The number of anilines is 1. The van der Waals surface area contributed by atoms with Crippen LogP contribution in [0.15, 0.2) is 35.5 Å². The fraction of sp³-hybridized carbons (Fsp3) is 0.583. The molecule has 0 atom stereocenters. The maximum Gasteiger partial charge on any atom is 0.263 e. The van der Waals surface area contributed by atoms with Crippen molar-refractivity contribution in [2.45, 2.75) is 44.8 Å². The van der Waals surface area contributed by atoms with Gasteiger partial charge in [0.15, 0.2) is 0 Å². The molecule has 4 rings (SSSR count). The van der Waals surface area contributed by atoms with Crippen LogP contribution < -0.4 is 4.90 Å². The molecule has 192 valence electrons. The zero-order chi connectivity index (χ0) is 25.2. The standard InChI is InChI=1S/C24H35ClN6O3S/c1-4-8-30-18-22(24(32)29-11-9-27(10-12-29)19(2)3)23(26-30)35(33,34)31-15-13-28(14-16-31)21-7-5-6-20(25)17-21/h5-7,17-19H,4,8-16H2,1-3H3. The van der Waals surface area contributed by atoms with E-state index >= 15 is 0 Å². The van der Waals surface area contributed by atoms with Crippen molar-refractivity contribution in [1.82, 2.24) is 23.9 Å². The Morgan fingerprint density at radius 3 is 2.34 bits per heavy atom. The summed E-state index contributed by atoms with van der Waals surface area (Å²) in [5.41, 5.74) is 1.15. The molecular formula is C24H35ClN6O3S. The summed E-state index contributed by atoms with van der Waals surface area (Å²) in [7, 11) is -3.92. The Morgan fingerprint density at radius 1 is 1.06 bits per heavy atom. The van der Waals surface area contributed by atoms with Crippen molar-refractivity contribution < 1.29 is 13.2 Å². The van der Waals surface area contributed by atoms with Crippen LogP contribution in [0.3, 0.4) is 0 Å². The summed E-state index contributed by atoms with van der Waals surface area (Å²) in [5.74, 6) is -0.258. The highest BCUT2D eigenvalue weighted by atomic mass is 35.5. The van der Waals surface area contributed by atoms with E-state index in [2.05, 4.69) is 28.7 Å². The van der Waals surface area contributed by atoms with Gasteiger partial charge in [-0.2, -0.15) is 9.40 Å². The van der Waals surface area contributed by atoms with Crippen LogP contribution in [0.5, 0.6) is 0 Å². The van der Waals surface area contributed by atoms with E-state index in [9.17, 15) is 13.2 Å². The van der Waals surface area contributed by atoms with E-state index in [-0.39, 0.29) is 16.5 Å². The topological polar surface area (TPSA) is 82.0 Å². The van der Waals surface area contributed by atoms with Gasteiger partial charge >= 0.3 is 0 Å². The lowest BCUT2D eigenvalue weighted by molar-refractivity contribution is 0.0591. The normalized spacial score (nSPS) is 18.4. The van der Waals surface area contributed by atoms with Gasteiger partial charge in [-0.05, 0) is 38.5 Å². The first kappa shape index (κ1) is 25.9. The fourth-order valence-electron chi connectivity index (χ4n) is 4.68. The molecule has 3 heterocycles. The van der Waals surface area contributed by atoms with Gasteiger partial charge in [-0.1, -0.05) is 24.6 Å². The summed E-state index contributed by atoms with van der Waals surface area (Å²) in [6.07, 6.45) is 2.40. The zero-order valence-electron chi connectivity index (χ0n) is 20.7. The SMILES string of the molecule is CCCn1cc(C(=O)N2CCN(C(C)C)CC2)c(S(=O)(=O)N2CCN(c3cccc(Cl)c3)CC2)n1. The lowest BCUT2D eigenvalue weighted by Gasteiger charge is -2.37. The third-order valence-electron chi connectivity index (χ3n) is 6.74. The highest BCUT2D eigenvalue weighted by Gasteiger charge is 2.36. The average Bonchev–Trinajstić information content (AvgIpc) is 3.29. The predicted octanol–water partition coefficient (Wildman–Crippen LogP) is 2.62. The van der Waals surface area contributed by atoms with Crippen LogP contribution in [-0.4, -0.2) is 96.6 Å². The Labute approximate surface area is 213 Å². The summed E-state index contributed by atoms with van der Waals surface area (Å²) in [6.45, 7) is 11.3. The second-order valence-electron chi connectivity index (χ2n) is 9.40. The Morgan fingerprint density at radius 2 is 1.74 bits per heavy atom. The van der Waals surface area contributed by atoms with E-state index in [0.29, 0.717) is 56.9 Å². The third kappa shape index (κ3) is 5.66. The smallest absolute Gasteiger partial charge is 0.263 e. The van der Waals surface area contributed by atoms with Crippen LogP contribution in [0.2, 0.25) is 5.02 Å². The molecule has 1 aromatic carbocycles. The number of amides is 1. The van der Waals surface area contributed by atoms with Gasteiger partial charge in [0.2, 0.25) is 5.03 Å². The summed E-state index contributed by atoms with van der Waals surface area (Å²) in [6, 6.07) is 7.98. The fourth-order valence-corrected chi connectivity index (χ4v) is 6.38. The molecule has 2 aliphatic rings. The van der Waals surface area contributed by atoms with Crippen LogP contribution in [0, 0.1) is 0 Å². The minimum Gasteiger partial charge on any atom is -0.369 e. The molecule has 2 fully saturated rings. The van der Waals surface area contributed by atoms with E-state index in [0.717, 1.165) is 25.2 Å². The monoisotopic (exact) mass is 522 g/mol. The number of carbonyl (C=O) groups is 1. The Kier molecular flexibility index (Phi) is 8.05. The number of aromatic nitrogens is 2. The van der Waals surface area contributed by atoms with Gasteiger partial charge in [-0.25, -0.2) is 8.42 Å². The van der Waals surface area contributed by atoms with Crippen molar-refractivity contribution in [3.8, 4) is 0 Å². The first-order valence-corrected chi connectivity index (χ1v) is 14.1. The summed E-state index contributed by atoms with van der Waals surface area (Å²) in [4.78, 5) is 19.7. The molecule has 2 saturated heterocycles. The molecule has 0 N–H and O–H groups in total. The summed E-state index contributed by atoms with van der Waals surface area (Å²) in [5, 5.41) is 4.92. The molecule has 35 heavy (non-hydrogen) atoms. The van der Waals surface area contributed by atoms with Crippen molar-refractivity contribution in [3.05, 3.63) is 41.0 Å². The molecule has 1 aromatic heterocycles. The van der Waals surface area contributed by atoms with E-state index in [4.69, 9.17) is 11.6 Å². The number of benzene rings is 1. The lowest BCUT2D eigenvalue weighted by Crippen LogP contribution is -2.51. The number of hydrogen-bond donors (Lipinski definition) is 0. The van der Waals surface area contributed by atoms with E-state index in [1.807, 2.05) is 31.2 Å². The van der Waals surface area contributed by atoms with Gasteiger partial charge in [0, 0.05) is 81.9 Å². The summed E-state index contributed by atoms with van der Waals surface area (Å²) >= 11 is 6.13. The summed E-state index contributed by atoms with van der Waals surface area (Å²) < 4.78 is 30.4. The molecule has 0 bridgehead atoms. The number of halogens is 1. The Hall–Kier alpha value is -2.14. The maximum atomic E-state index is 13.7. The number of aryl methyl sites for hydroxylation is 1. The average molecular weight is 523 g/mol. The molecule has 11 heteroatoms. The molecule has 2 aromatic rings. The second-order valence-corrected chi connectivity index (χ2v) is 11.7. The van der Waals surface area contributed by atoms with E-state index in [1.165, 1.54) is 4.31 Å². The first-order valence-electron chi connectivity index (χ1n) is 12.3. The van der Waals surface area contributed by atoms with Crippen LogP contribution in [0.1, 0.15) is 37.6 Å². The van der Waals surface area contributed by atoms with Crippen LogP contribution in [0.4, 0.5) is 5.69 Å². The first-order chi connectivity index (χ1) is 16.7. The van der Waals surface area contributed by atoms with Crippen molar-refractivity contribution in [2.24, 2.45) is 0 Å². The molecule has 2 aliphatic heterocycles. The number of nitrogens with zero attached hydrogens (tertiary/aromatic N) is 6. The minimum absolute atomic E-state index is 0.126. The van der Waals surface area contributed by atoms with E-state index in [1.54, 1.807) is 15.8 Å². The van der Waals surface area contributed by atoms with Crippen LogP contribution >= 0.6 is 11.6 Å². The van der Waals surface area contributed by atoms with Crippen molar-refractivity contribution in [1.29, 1.82) is 0 Å². The molecule has 0 aliphatic carbocycles. The number of piperazine rings is 2. The van der Waals surface area contributed by atoms with Gasteiger partial charge in [0.25, 0.3) is 15.9 Å². The molecule has 0 radical (unpaired) electrons. The molecule has 9 nitrogen and oxygen atoms in total. The van der Waals surface area contributed by atoms with Gasteiger partial charge in [-0.15, -0.1) is 0 Å². The third-order valence-corrected chi connectivity index (χ3v) is 8.81. The highest BCUT2D eigenvalue weighted by molar-refractivity contribution is 7.89. The molecule has 0 saturated carbocycles. The maximum absolute atomic E-state index is 13.7. The Bertz CT molecular complexity index is 1140. The van der Waals surface area contributed by atoms with Crippen LogP contribution in [0.25, 0.3) is 0 Å². The van der Waals surface area contributed by atoms with Crippen molar-refractivity contribution in [2.75, 3.05) is 57.3 Å². The van der Waals surface area contributed by atoms with Gasteiger partial charge < -0.3 is 9.80 Å². The number of rotatable bonds is 7. The van der Waals surface area contributed by atoms with Gasteiger partial charge in [0.1, 0.15) is 0 Å². The molecular weight excluding hydrogens is 488 g/mol. The predicted molar refractivity (Wildman–Crippen MR) is 138 cm³/mol.